The average Bonchev–Trinajstić information content (AvgIpc) is 2.88. The molecule has 0 aliphatic carbocycles. The number of methoxy groups -OCH3 is 2. The summed E-state index contributed by atoms with van der Waals surface area (Å²) in [5.41, 5.74) is -0.755. The SMILES string of the molecule is CCOC(=O)N1C(=C(C(=O)OC)C(=O)OC)C(=O)c2ccccc21. The van der Waals surface area contributed by atoms with Crippen molar-refractivity contribution in [2.45, 2.75) is 6.92 Å². The lowest BCUT2D eigenvalue weighted by atomic mass is 10.1. The molecule has 1 aromatic rings. The fraction of sp³-hybridized carbons (Fsp3) is 0.250. The van der Waals surface area contributed by atoms with E-state index in [-0.39, 0.29) is 17.9 Å². The Morgan fingerprint density at radius 1 is 1.04 bits per heavy atom. The number of Topliss-reactive ketones (excluding diaryl/α,β-unsaturated/α-hetero) is 1. The van der Waals surface area contributed by atoms with E-state index in [2.05, 4.69) is 9.47 Å². The standard InChI is InChI=1S/C16H15NO7/c1-4-24-16(21)17-10-8-6-5-7-9(10)13(18)12(17)11(14(19)22-2)15(20)23-3/h5-8H,4H2,1-3H3. The van der Waals surface area contributed by atoms with Gasteiger partial charge in [0.25, 0.3) is 0 Å². The van der Waals surface area contributed by atoms with E-state index in [0.717, 1.165) is 19.1 Å². The second-order valence-corrected chi connectivity index (χ2v) is 4.59. The fourth-order valence-electron chi connectivity index (χ4n) is 2.29. The first kappa shape index (κ1) is 17.2. The van der Waals surface area contributed by atoms with Gasteiger partial charge in [-0.05, 0) is 19.1 Å². The number of anilines is 1. The highest BCUT2D eigenvalue weighted by atomic mass is 16.6. The minimum absolute atomic E-state index is 0.0464. The highest BCUT2D eigenvalue weighted by Crippen LogP contribution is 2.36. The minimum atomic E-state index is -1.09. The lowest BCUT2D eigenvalue weighted by molar-refractivity contribution is -0.144. The number of ketones is 1. The summed E-state index contributed by atoms with van der Waals surface area (Å²) in [5.74, 6) is -2.86. The number of esters is 2. The molecule has 0 radical (unpaired) electrons. The Kier molecular flexibility index (Phi) is 4.98. The van der Waals surface area contributed by atoms with Crippen molar-refractivity contribution in [2.24, 2.45) is 0 Å². The van der Waals surface area contributed by atoms with Gasteiger partial charge in [0.05, 0.1) is 26.5 Å². The summed E-state index contributed by atoms with van der Waals surface area (Å²) in [7, 11) is 2.10. The summed E-state index contributed by atoms with van der Waals surface area (Å²) in [6.07, 6.45) is -0.892. The molecule has 1 amide bonds. The Balaban J connectivity index is 2.75. The Labute approximate surface area is 137 Å². The summed E-state index contributed by atoms with van der Waals surface area (Å²) < 4.78 is 14.0. The van der Waals surface area contributed by atoms with E-state index in [4.69, 9.17) is 4.74 Å². The molecule has 0 bridgehead atoms. The van der Waals surface area contributed by atoms with Crippen LogP contribution in [0.3, 0.4) is 0 Å². The van der Waals surface area contributed by atoms with Crippen LogP contribution >= 0.6 is 0 Å². The van der Waals surface area contributed by atoms with E-state index in [1.165, 1.54) is 12.1 Å². The van der Waals surface area contributed by atoms with Crippen LogP contribution in [0, 0.1) is 0 Å². The summed E-state index contributed by atoms with van der Waals surface area (Å²) in [6.45, 7) is 1.64. The van der Waals surface area contributed by atoms with Crippen LogP contribution in [0.4, 0.5) is 10.5 Å². The number of hydrogen-bond donors (Lipinski definition) is 0. The minimum Gasteiger partial charge on any atom is -0.465 e. The van der Waals surface area contributed by atoms with Gasteiger partial charge in [0, 0.05) is 5.56 Å². The quantitative estimate of drug-likeness (QED) is 0.271. The largest absolute Gasteiger partial charge is 0.465 e. The van der Waals surface area contributed by atoms with Crippen LogP contribution in [0.25, 0.3) is 0 Å². The zero-order valence-corrected chi connectivity index (χ0v) is 13.3. The van der Waals surface area contributed by atoms with Crippen LogP contribution in [-0.4, -0.2) is 44.6 Å². The molecule has 126 valence electrons. The molecule has 1 aromatic carbocycles. The molecule has 0 aromatic heterocycles. The predicted molar refractivity (Wildman–Crippen MR) is 81.3 cm³/mol. The normalized spacial score (nSPS) is 12.5. The second-order valence-electron chi connectivity index (χ2n) is 4.59. The van der Waals surface area contributed by atoms with Crippen molar-refractivity contribution < 1.29 is 33.4 Å². The number of carbonyl (C=O) groups is 4. The predicted octanol–water partition coefficient (Wildman–Crippen LogP) is 1.45. The summed E-state index contributed by atoms with van der Waals surface area (Å²) >= 11 is 0. The number of allylic oxidation sites excluding steroid dienone is 1. The van der Waals surface area contributed by atoms with E-state index in [0.29, 0.717) is 0 Å². The lowest BCUT2D eigenvalue weighted by Crippen LogP contribution is -2.33. The Morgan fingerprint density at radius 2 is 1.62 bits per heavy atom. The molecule has 8 nitrogen and oxygen atoms in total. The van der Waals surface area contributed by atoms with E-state index in [1.54, 1.807) is 19.1 Å². The molecule has 1 aliphatic heterocycles. The maximum atomic E-state index is 12.7. The van der Waals surface area contributed by atoms with Gasteiger partial charge in [-0.1, -0.05) is 12.1 Å². The lowest BCUT2D eigenvalue weighted by Gasteiger charge is -2.19. The molecule has 0 unspecified atom stereocenters. The highest BCUT2D eigenvalue weighted by molar-refractivity contribution is 6.31. The van der Waals surface area contributed by atoms with Crippen LogP contribution in [0.2, 0.25) is 0 Å². The van der Waals surface area contributed by atoms with Crippen molar-refractivity contribution in [3.8, 4) is 0 Å². The number of ether oxygens (including phenoxy) is 3. The van der Waals surface area contributed by atoms with Gasteiger partial charge in [-0.2, -0.15) is 0 Å². The van der Waals surface area contributed by atoms with Crippen molar-refractivity contribution >= 4 is 29.5 Å². The van der Waals surface area contributed by atoms with Crippen LogP contribution < -0.4 is 4.90 Å². The van der Waals surface area contributed by atoms with Crippen LogP contribution in [0.1, 0.15) is 17.3 Å². The Morgan fingerprint density at radius 3 is 2.17 bits per heavy atom. The van der Waals surface area contributed by atoms with Crippen molar-refractivity contribution in [2.75, 3.05) is 25.7 Å². The Hall–Kier alpha value is -3.16. The first-order valence-electron chi connectivity index (χ1n) is 6.99. The summed E-state index contributed by atoms with van der Waals surface area (Å²) in [6, 6.07) is 6.18. The maximum absolute atomic E-state index is 12.7. The molecule has 1 aliphatic rings. The smallest absolute Gasteiger partial charge is 0.419 e. The van der Waals surface area contributed by atoms with Gasteiger partial charge in [-0.15, -0.1) is 0 Å². The molecule has 24 heavy (non-hydrogen) atoms. The fourth-order valence-corrected chi connectivity index (χ4v) is 2.29. The number of carbonyl (C=O) groups excluding carboxylic acids is 4. The molecule has 0 saturated carbocycles. The molecular weight excluding hydrogens is 318 g/mol. The van der Waals surface area contributed by atoms with Crippen molar-refractivity contribution in [3.63, 3.8) is 0 Å². The zero-order valence-electron chi connectivity index (χ0n) is 13.3. The third-order valence-electron chi connectivity index (χ3n) is 3.29. The molecule has 0 N–H and O–H groups in total. The number of amides is 1. The van der Waals surface area contributed by atoms with E-state index < -0.39 is 35.1 Å². The first-order valence-corrected chi connectivity index (χ1v) is 6.99. The van der Waals surface area contributed by atoms with Gasteiger partial charge in [0.2, 0.25) is 5.78 Å². The monoisotopic (exact) mass is 333 g/mol. The van der Waals surface area contributed by atoms with E-state index in [9.17, 15) is 19.2 Å². The second kappa shape index (κ2) is 6.95. The number of benzene rings is 1. The van der Waals surface area contributed by atoms with Gasteiger partial charge < -0.3 is 14.2 Å². The summed E-state index contributed by atoms with van der Waals surface area (Å²) in [4.78, 5) is 49.9. The molecule has 0 fully saturated rings. The van der Waals surface area contributed by atoms with Gasteiger partial charge in [0.1, 0.15) is 5.70 Å². The molecule has 8 heteroatoms. The zero-order chi connectivity index (χ0) is 17.9. The topological polar surface area (TPSA) is 99.2 Å². The Bertz CT molecular complexity index is 733. The van der Waals surface area contributed by atoms with Crippen LogP contribution in [0.5, 0.6) is 0 Å². The van der Waals surface area contributed by atoms with Crippen LogP contribution in [-0.2, 0) is 23.8 Å². The first-order chi connectivity index (χ1) is 11.5. The molecule has 0 atom stereocenters. The average molecular weight is 333 g/mol. The van der Waals surface area contributed by atoms with E-state index in [1.807, 2.05) is 0 Å². The van der Waals surface area contributed by atoms with Crippen molar-refractivity contribution in [1.82, 2.24) is 0 Å². The molecular formula is C16H15NO7. The van der Waals surface area contributed by atoms with Crippen molar-refractivity contribution in [3.05, 3.63) is 41.1 Å². The molecule has 0 saturated heterocycles. The molecule has 1 heterocycles. The highest BCUT2D eigenvalue weighted by Gasteiger charge is 2.43. The van der Waals surface area contributed by atoms with Gasteiger partial charge in [-0.25, -0.2) is 19.3 Å². The third-order valence-corrected chi connectivity index (χ3v) is 3.29. The van der Waals surface area contributed by atoms with Gasteiger partial charge in [-0.3, -0.25) is 4.79 Å². The number of nitrogens with zero attached hydrogens (tertiary/aromatic N) is 1. The summed E-state index contributed by atoms with van der Waals surface area (Å²) in [5, 5.41) is 0. The molecule has 0 spiro atoms. The van der Waals surface area contributed by atoms with Crippen LogP contribution in [0.15, 0.2) is 35.5 Å². The van der Waals surface area contributed by atoms with Gasteiger partial charge >= 0.3 is 18.0 Å². The number of fused-ring (bicyclic) bond motifs is 1. The number of hydrogen-bond acceptors (Lipinski definition) is 7. The van der Waals surface area contributed by atoms with Gasteiger partial charge in [0.15, 0.2) is 5.57 Å². The maximum Gasteiger partial charge on any atom is 0.419 e. The number of rotatable bonds is 3. The molecule has 2 rings (SSSR count). The van der Waals surface area contributed by atoms with Crippen molar-refractivity contribution in [1.29, 1.82) is 0 Å². The van der Waals surface area contributed by atoms with E-state index >= 15 is 0 Å². The third kappa shape index (κ3) is 2.73. The number of para-hydroxylation sites is 1.